The maximum Gasteiger partial charge on any atom is 0.338 e. The summed E-state index contributed by atoms with van der Waals surface area (Å²) >= 11 is 14.5. The number of hydrogen-bond donors (Lipinski definition) is 0. The fourth-order valence-corrected chi connectivity index (χ4v) is 7.06. The number of halogens is 4. The molecule has 0 aliphatic carbocycles. The van der Waals surface area contributed by atoms with Gasteiger partial charge in [-0.15, -0.1) is 0 Å². The van der Waals surface area contributed by atoms with Crippen molar-refractivity contribution in [2.75, 3.05) is 6.61 Å². The summed E-state index contributed by atoms with van der Waals surface area (Å²) in [5.74, 6) is -0.255. The lowest BCUT2D eigenvalue weighted by atomic mass is 9.96. The lowest BCUT2D eigenvalue weighted by molar-refractivity contribution is -0.139. The third-order valence-electron chi connectivity index (χ3n) is 6.32. The van der Waals surface area contributed by atoms with Crippen molar-refractivity contribution in [2.24, 2.45) is 4.99 Å². The van der Waals surface area contributed by atoms with Crippen molar-refractivity contribution < 1.29 is 18.7 Å². The molecule has 0 radical (unpaired) electrons. The second kappa shape index (κ2) is 12.4. The van der Waals surface area contributed by atoms with E-state index < -0.39 is 12.0 Å². The minimum atomic E-state index is -0.717. The maximum absolute atomic E-state index is 13.8. The lowest BCUT2D eigenvalue weighted by Gasteiger charge is -2.24. The zero-order valence-electron chi connectivity index (χ0n) is 21.8. The number of ether oxygens (including phenoxy) is 2. The molecule has 0 bridgehead atoms. The molecule has 1 aliphatic rings. The molecule has 1 atom stereocenters. The number of fused-ring (bicyclic) bond motifs is 1. The second-order valence-corrected chi connectivity index (χ2v) is 12.2. The van der Waals surface area contributed by atoms with E-state index in [0.29, 0.717) is 45.9 Å². The van der Waals surface area contributed by atoms with Crippen LogP contribution in [0.25, 0.3) is 6.08 Å². The molecule has 6 nitrogen and oxygen atoms in total. The summed E-state index contributed by atoms with van der Waals surface area (Å²) in [5, 5.41) is 0.542. The van der Waals surface area contributed by atoms with Gasteiger partial charge in [0.2, 0.25) is 0 Å². The Kier molecular flexibility index (Phi) is 8.94. The fraction of sp³-hybridized carbons (Fsp3) is 0.167. The molecule has 0 N–H and O–H groups in total. The van der Waals surface area contributed by atoms with Gasteiger partial charge in [-0.05, 0) is 105 Å². The molecule has 0 saturated carbocycles. The summed E-state index contributed by atoms with van der Waals surface area (Å²) in [6.07, 6.45) is 1.77. The molecule has 2 heterocycles. The van der Waals surface area contributed by atoms with Gasteiger partial charge in [0, 0.05) is 5.02 Å². The van der Waals surface area contributed by atoms with Gasteiger partial charge in [-0.3, -0.25) is 9.36 Å². The van der Waals surface area contributed by atoms with Crippen LogP contribution in [0.15, 0.2) is 90.7 Å². The van der Waals surface area contributed by atoms with Crippen molar-refractivity contribution >= 4 is 66.8 Å². The number of thiazole rings is 1. The highest BCUT2D eigenvalue weighted by Crippen LogP contribution is 2.36. The van der Waals surface area contributed by atoms with Crippen LogP contribution < -0.4 is 19.6 Å². The van der Waals surface area contributed by atoms with Crippen molar-refractivity contribution in [2.45, 2.75) is 26.5 Å². The Hall–Kier alpha value is -3.05. The van der Waals surface area contributed by atoms with Crippen LogP contribution in [-0.2, 0) is 16.1 Å². The quantitative estimate of drug-likeness (QED) is 0.200. The molecule has 0 unspecified atom stereocenters. The molecule has 11 heteroatoms. The van der Waals surface area contributed by atoms with Crippen molar-refractivity contribution in [3.05, 3.63) is 128 Å². The molecule has 0 amide bonds. The Bertz CT molecular complexity index is 1830. The maximum atomic E-state index is 13.8. The van der Waals surface area contributed by atoms with E-state index in [4.69, 9.17) is 21.1 Å². The number of hydrogen-bond acceptors (Lipinski definition) is 6. The Labute approximate surface area is 260 Å². The van der Waals surface area contributed by atoms with Gasteiger partial charge in [0.25, 0.3) is 5.56 Å². The van der Waals surface area contributed by atoms with Crippen molar-refractivity contribution in [3.8, 4) is 5.75 Å². The molecule has 0 saturated heterocycles. The van der Waals surface area contributed by atoms with Gasteiger partial charge in [-0.1, -0.05) is 47.2 Å². The molecule has 3 aromatic carbocycles. The third-order valence-corrected chi connectivity index (χ3v) is 8.73. The topological polar surface area (TPSA) is 69.9 Å². The van der Waals surface area contributed by atoms with Crippen LogP contribution in [0.5, 0.6) is 5.75 Å². The van der Waals surface area contributed by atoms with E-state index in [0.717, 1.165) is 11.1 Å². The van der Waals surface area contributed by atoms with E-state index in [-0.39, 0.29) is 24.6 Å². The summed E-state index contributed by atoms with van der Waals surface area (Å²) in [5.41, 5.74) is 2.79. The first-order valence-corrected chi connectivity index (χ1v) is 15.3. The highest BCUT2D eigenvalue weighted by molar-refractivity contribution is 9.11. The molecular weight excluding hydrogens is 699 g/mol. The van der Waals surface area contributed by atoms with Gasteiger partial charge < -0.3 is 9.47 Å². The molecule has 41 heavy (non-hydrogen) atoms. The summed E-state index contributed by atoms with van der Waals surface area (Å²) in [4.78, 5) is 31.9. The number of esters is 1. The minimum absolute atomic E-state index is 0.195. The normalized spacial score (nSPS) is 15.0. The standard InChI is InChI=1S/C30H22Br2ClFN2O4S/c1-3-39-29(38)25-16(2)35-30-36(26(25)19-6-8-20(33)9-7-19)28(37)24(41-30)14-18-12-22(31)27(23(32)13-18)40-15-17-4-10-21(34)11-5-17/h4-14,26H,3,15H2,1-2H3/b24-14-/t26-/m0/s1. The van der Waals surface area contributed by atoms with E-state index in [9.17, 15) is 14.0 Å². The van der Waals surface area contributed by atoms with Crippen LogP contribution in [0.4, 0.5) is 4.39 Å². The van der Waals surface area contributed by atoms with E-state index in [2.05, 4.69) is 36.9 Å². The van der Waals surface area contributed by atoms with Crippen LogP contribution in [0.3, 0.4) is 0 Å². The number of benzene rings is 3. The predicted octanol–water partition coefficient (Wildman–Crippen LogP) is 6.69. The van der Waals surface area contributed by atoms with Crippen LogP contribution >= 0.6 is 54.8 Å². The Morgan fingerprint density at radius 2 is 1.78 bits per heavy atom. The molecule has 5 rings (SSSR count). The zero-order chi connectivity index (χ0) is 29.3. The monoisotopic (exact) mass is 718 g/mol. The second-order valence-electron chi connectivity index (χ2n) is 9.08. The molecule has 0 fully saturated rings. The number of carbonyl (C=O) groups excluding carboxylic acids is 1. The number of aromatic nitrogens is 1. The first kappa shape index (κ1) is 29.4. The van der Waals surface area contributed by atoms with Crippen LogP contribution in [0.2, 0.25) is 5.02 Å². The van der Waals surface area contributed by atoms with Crippen LogP contribution in [0.1, 0.15) is 36.6 Å². The Morgan fingerprint density at radius 1 is 1.12 bits per heavy atom. The van der Waals surface area contributed by atoms with Crippen molar-refractivity contribution in [3.63, 3.8) is 0 Å². The number of nitrogens with zero attached hydrogens (tertiary/aromatic N) is 2. The predicted molar refractivity (Wildman–Crippen MR) is 164 cm³/mol. The van der Waals surface area contributed by atoms with Crippen molar-refractivity contribution in [1.29, 1.82) is 0 Å². The Balaban J connectivity index is 1.54. The van der Waals surface area contributed by atoms with Gasteiger partial charge >= 0.3 is 5.97 Å². The van der Waals surface area contributed by atoms with Crippen LogP contribution in [0, 0.1) is 5.82 Å². The first-order chi connectivity index (χ1) is 19.7. The molecule has 1 aromatic heterocycles. The average molecular weight is 721 g/mol. The highest BCUT2D eigenvalue weighted by Gasteiger charge is 2.33. The van der Waals surface area contributed by atoms with Gasteiger partial charge in [0.05, 0.1) is 37.4 Å². The average Bonchev–Trinajstić information content (AvgIpc) is 3.23. The fourth-order valence-electron chi connectivity index (χ4n) is 4.44. The van der Waals surface area contributed by atoms with Gasteiger partial charge in [0.15, 0.2) is 4.80 Å². The van der Waals surface area contributed by atoms with E-state index in [1.165, 1.54) is 28.0 Å². The Morgan fingerprint density at radius 3 is 2.41 bits per heavy atom. The van der Waals surface area contributed by atoms with Crippen molar-refractivity contribution in [1.82, 2.24) is 4.57 Å². The highest BCUT2D eigenvalue weighted by atomic mass is 79.9. The van der Waals surface area contributed by atoms with E-state index in [1.54, 1.807) is 56.3 Å². The SMILES string of the molecule is CCOC(=O)C1=C(C)N=c2s/c(=C\c3cc(Br)c(OCc4ccc(F)cc4)c(Br)c3)c(=O)n2[C@H]1c1ccc(Cl)cc1. The smallest absolute Gasteiger partial charge is 0.338 e. The molecule has 0 spiro atoms. The van der Waals surface area contributed by atoms with E-state index >= 15 is 0 Å². The number of allylic oxidation sites excluding steroid dienone is 1. The molecule has 4 aromatic rings. The lowest BCUT2D eigenvalue weighted by Crippen LogP contribution is -2.39. The molecular formula is C30H22Br2ClFN2O4S. The van der Waals surface area contributed by atoms with Gasteiger partial charge in [-0.2, -0.15) is 0 Å². The summed E-state index contributed by atoms with van der Waals surface area (Å²) in [6.45, 7) is 3.92. The largest absolute Gasteiger partial charge is 0.487 e. The number of rotatable bonds is 7. The van der Waals surface area contributed by atoms with Gasteiger partial charge in [-0.25, -0.2) is 14.2 Å². The number of carbonyl (C=O) groups is 1. The summed E-state index contributed by atoms with van der Waals surface area (Å²) in [7, 11) is 0. The minimum Gasteiger partial charge on any atom is -0.487 e. The van der Waals surface area contributed by atoms with Gasteiger partial charge in [0.1, 0.15) is 18.2 Å². The summed E-state index contributed by atoms with van der Waals surface area (Å²) < 4.78 is 27.8. The van der Waals surface area contributed by atoms with Crippen LogP contribution in [-0.4, -0.2) is 17.1 Å². The first-order valence-electron chi connectivity index (χ1n) is 12.5. The molecule has 210 valence electrons. The zero-order valence-corrected chi connectivity index (χ0v) is 26.5. The molecule has 1 aliphatic heterocycles. The third kappa shape index (κ3) is 6.25. The summed E-state index contributed by atoms with van der Waals surface area (Å²) in [6, 6.07) is 16.1. The van der Waals surface area contributed by atoms with E-state index in [1.807, 2.05) is 12.1 Å².